The minimum atomic E-state index is -0.779. The molecule has 4 heteroatoms. The molecule has 21 heavy (non-hydrogen) atoms. The number of carboxylic acids is 1. The van der Waals surface area contributed by atoms with Crippen LogP contribution in [0, 0.1) is 0 Å². The lowest BCUT2D eigenvalue weighted by atomic mass is 9.90. The van der Waals surface area contributed by atoms with E-state index in [1.54, 1.807) is 0 Å². The van der Waals surface area contributed by atoms with E-state index in [1.807, 2.05) is 30.3 Å². The number of aliphatic carboxylic acids is 1. The van der Waals surface area contributed by atoms with Gasteiger partial charge in [0, 0.05) is 13.1 Å². The Morgan fingerprint density at radius 2 is 2.05 bits per heavy atom. The second-order valence-corrected chi connectivity index (χ2v) is 5.92. The summed E-state index contributed by atoms with van der Waals surface area (Å²) in [4.78, 5) is 14.2. The minimum absolute atomic E-state index is 0.612. The highest BCUT2D eigenvalue weighted by molar-refractivity contribution is 5.78. The number of nitrogens with one attached hydrogen (secondary N) is 1. The van der Waals surface area contributed by atoms with E-state index in [4.69, 9.17) is 0 Å². The number of carbonyl (C=O) groups is 1. The molecule has 0 bridgehead atoms. The Labute approximate surface area is 127 Å². The van der Waals surface area contributed by atoms with E-state index >= 15 is 0 Å². The molecule has 2 rings (SSSR count). The second kappa shape index (κ2) is 7.57. The van der Waals surface area contributed by atoms with Gasteiger partial charge in [-0.2, -0.15) is 0 Å². The summed E-state index contributed by atoms with van der Waals surface area (Å²) in [7, 11) is 0. The number of hydrogen-bond donors (Lipinski definition) is 2. The summed E-state index contributed by atoms with van der Waals surface area (Å²) >= 11 is 0. The van der Waals surface area contributed by atoms with Gasteiger partial charge in [-0.25, -0.2) is 0 Å². The molecular formula is C17H26N2O2. The van der Waals surface area contributed by atoms with E-state index in [9.17, 15) is 9.90 Å². The van der Waals surface area contributed by atoms with Crippen molar-refractivity contribution in [2.24, 2.45) is 0 Å². The molecule has 2 N–H and O–H groups in total. The smallest absolute Gasteiger partial charge is 0.323 e. The molecular weight excluding hydrogens is 264 g/mol. The van der Waals surface area contributed by atoms with Gasteiger partial charge in [-0.3, -0.25) is 10.1 Å². The molecule has 1 aromatic carbocycles. The van der Waals surface area contributed by atoms with Gasteiger partial charge in [-0.15, -0.1) is 0 Å². The second-order valence-electron chi connectivity index (χ2n) is 5.92. The maximum absolute atomic E-state index is 11.8. The van der Waals surface area contributed by atoms with Crippen molar-refractivity contribution in [1.29, 1.82) is 0 Å². The number of carboxylic acid groups (broad SMARTS) is 1. The van der Waals surface area contributed by atoms with Gasteiger partial charge in [0.05, 0.1) is 0 Å². The zero-order valence-corrected chi connectivity index (χ0v) is 12.8. The molecule has 1 aliphatic heterocycles. The Hall–Kier alpha value is -1.39. The van der Waals surface area contributed by atoms with E-state index in [1.165, 1.54) is 0 Å². The molecule has 1 unspecified atom stereocenters. The molecule has 1 heterocycles. The Balaban J connectivity index is 2.01. The summed E-state index contributed by atoms with van der Waals surface area (Å²) in [5.74, 6) is -0.711. The maximum Gasteiger partial charge on any atom is 0.323 e. The number of hydrogen-bond acceptors (Lipinski definition) is 3. The molecule has 1 saturated heterocycles. The van der Waals surface area contributed by atoms with Crippen LogP contribution in [0.2, 0.25) is 0 Å². The van der Waals surface area contributed by atoms with E-state index in [-0.39, 0.29) is 0 Å². The van der Waals surface area contributed by atoms with Gasteiger partial charge in [0.15, 0.2) is 0 Å². The highest BCUT2D eigenvalue weighted by Gasteiger charge is 2.39. The summed E-state index contributed by atoms with van der Waals surface area (Å²) in [6, 6.07) is 10.0. The number of nitrogens with zero attached hydrogens (tertiary/aromatic N) is 1. The van der Waals surface area contributed by atoms with Crippen molar-refractivity contribution >= 4 is 5.97 Å². The topological polar surface area (TPSA) is 52.6 Å². The minimum Gasteiger partial charge on any atom is -0.480 e. The molecule has 1 aliphatic rings. The maximum atomic E-state index is 11.8. The van der Waals surface area contributed by atoms with Crippen molar-refractivity contribution in [1.82, 2.24) is 10.2 Å². The van der Waals surface area contributed by atoms with Crippen LogP contribution < -0.4 is 5.32 Å². The van der Waals surface area contributed by atoms with E-state index in [0.29, 0.717) is 19.4 Å². The van der Waals surface area contributed by atoms with Gasteiger partial charge in [-0.05, 0) is 44.3 Å². The fourth-order valence-corrected chi connectivity index (χ4v) is 3.06. The van der Waals surface area contributed by atoms with Crippen molar-refractivity contribution in [3.8, 4) is 0 Å². The van der Waals surface area contributed by atoms with Crippen LogP contribution in [0.15, 0.2) is 30.3 Å². The highest BCUT2D eigenvalue weighted by atomic mass is 16.4. The summed E-state index contributed by atoms with van der Waals surface area (Å²) < 4.78 is 0. The van der Waals surface area contributed by atoms with Crippen molar-refractivity contribution in [3.63, 3.8) is 0 Å². The lowest BCUT2D eigenvalue weighted by molar-refractivity contribution is -0.145. The van der Waals surface area contributed by atoms with Crippen molar-refractivity contribution in [2.75, 3.05) is 19.6 Å². The number of benzene rings is 1. The van der Waals surface area contributed by atoms with Gasteiger partial charge >= 0.3 is 5.97 Å². The number of likely N-dealkylation sites (tertiary alicyclic amines) is 1. The lowest BCUT2D eigenvalue weighted by Crippen LogP contribution is -2.52. The summed E-state index contributed by atoms with van der Waals surface area (Å²) in [6.45, 7) is 5.72. The molecule has 0 saturated carbocycles. The zero-order chi connectivity index (χ0) is 15.1. The third-order valence-electron chi connectivity index (χ3n) is 4.36. The van der Waals surface area contributed by atoms with E-state index < -0.39 is 11.5 Å². The molecule has 116 valence electrons. The Morgan fingerprint density at radius 3 is 2.71 bits per heavy atom. The van der Waals surface area contributed by atoms with Crippen LogP contribution in [0.4, 0.5) is 0 Å². The van der Waals surface area contributed by atoms with Crippen LogP contribution >= 0.6 is 0 Å². The quantitative estimate of drug-likeness (QED) is 0.845. The molecule has 1 fully saturated rings. The average Bonchev–Trinajstić information content (AvgIpc) is 2.70. The summed E-state index contributed by atoms with van der Waals surface area (Å²) in [6.07, 6.45) is 3.44. The first kappa shape index (κ1) is 16.0. The normalized spacial score (nSPS) is 23.7. The highest BCUT2D eigenvalue weighted by Crippen LogP contribution is 2.24. The fourth-order valence-electron chi connectivity index (χ4n) is 3.06. The largest absolute Gasteiger partial charge is 0.480 e. The van der Waals surface area contributed by atoms with Gasteiger partial charge < -0.3 is 10.0 Å². The SMILES string of the molecule is CCCN1CCCC(NCc2ccccc2)(C(=O)O)CC1. The lowest BCUT2D eigenvalue weighted by Gasteiger charge is -2.29. The van der Waals surface area contributed by atoms with Gasteiger partial charge in [0.1, 0.15) is 5.54 Å². The van der Waals surface area contributed by atoms with Gasteiger partial charge in [0.2, 0.25) is 0 Å². The summed E-state index contributed by atoms with van der Waals surface area (Å²) in [5, 5.41) is 13.1. The van der Waals surface area contributed by atoms with Gasteiger partial charge in [0.25, 0.3) is 0 Å². The Kier molecular flexibility index (Phi) is 5.76. The van der Waals surface area contributed by atoms with Crippen LogP contribution in [0.25, 0.3) is 0 Å². The molecule has 0 radical (unpaired) electrons. The Bertz CT molecular complexity index is 449. The zero-order valence-electron chi connectivity index (χ0n) is 12.8. The summed E-state index contributed by atoms with van der Waals surface area (Å²) in [5.41, 5.74) is 0.353. The van der Waals surface area contributed by atoms with E-state index in [2.05, 4.69) is 17.1 Å². The fraction of sp³-hybridized carbons (Fsp3) is 0.588. The van der Waals surface area contributed by atoms with Gasteiger partial charge in [-0.1, -0.05) is 37.3 Å². The predicted molar refractivity (Wildman–Crippen MR) is 84.2 cm³/mol. The molecule has 0 aliphatic carbocycles. The number of rotatable bonds is 6. The van der Waals surface area contributed by atoms with Crippen molar-refractivity contribution in [3.05, 3.63) is 35.9 Å². The molecule has 1 atom stereocenters. The van der Waals surface area contributed by atoms with E-state index in [0.717, 1.165) is 38.0 Å². The molecule has 4 nitrogen and oxygen atoms in total. The standard InChI is InChI=1S/C17H26N2O2/c1-2-11-19-12-6-9-17(10-13-19,16(20)21)18-14-15-7-4-3-5-8-15/h3-5,7-8,18H,2,6,9-14H2,1H3,(H,20,21). The molecule has 0 spiro atoms. The third-order valence-corrected chi connectivity index (χ3v) is 4.36. The first-order valence-electron chi connectivity index (χ1n) is 7.91. The van der Waals surface area contributed by atoms with Crippen LogP contribution in [-0.2, 0) is 11.3 Å². The van der Waals surface area contributed by atoms with Crippen molar-refractivity contribution < 1.29 is 9.90 Å². The van der Waals surface area contributed by atoms with Crippen molar-refractivity contribution in [2.45, 2.75) is 44.7 Å². The first-order chi connectivity index (χ1) is 10.2. The van der Waals surface area contributed by atoms with Crippen LogP contribution in [0.5, 0.6) is 0 Å². The molecule has 0 amide bonds. The third kappa shape index (κ3) is 4.29. The predicted octanol–water partition coefficient (Wildman–Crippen LogP) is 2.50. The van der Waals surface area contributed by atoms with Crippen LogP contribution in [0.1, 0.15) is 38.2 Å². The monoisotopic (exact) mass is 290 g/mol. The van der Waals surface area contributed by atoms with Crippen LogP contribution in [-0.4, -0.2) is 41.1 Å². The van der Waals surface area contributed by atoms with Crippen LogP contribution in [0.3, 0.4) is 0 Å². The Morgan fingerprint density at radius 1 is 1.29 bits per heavy atom. The molecule has 1 aromatic rings. The average molecular weight is 290 g/mol. The molecule has 0 aromatic heterocycles. The first-order valence-corrected chi connectivity index (χ1v) is 7.91.